The predicted molar refractivity (Wildman–Crippen MR) is 78.4 cm³/mol. The van der Waals surface area contributed by atoms with E-state index in [1.165, 1.54) is 0 Å². The number of benzene rings is 1. The molecule has 3 N–H and O–H groups in total. The Hall–Kier alpha value is -2.08. The monoisotopic (exact) mass is 292 g/mol. The van der Waals surface area contributed by atoms with Gasteiger partial charge in [0.15, 0.2) is 6.61 Å². The first kappa shape index (κ1) is 15.3. The second-order valence-electron chi connectivity index (χ2n) is 5.15. The van der Waals surface area contributed by atoms with Crippen molar-refractivity contribution in [3.8, 4) is 5.75 Å². The van der Waals surface area contributed by atoms with Gasteiger partial charge in [0.1, 0.15) is 5.75 Å². The second-order valence-corrected chi connectivity index (χ2v) is 5.15. The molecule has 0 spiro atoms. The van der Waals surface area contributed by atoms with Crippen LogP contribution in [0.2, 0.25) is 0 Å². The number of hydrogen-bond donors (Lipinski definition) is 3. The van der Waals surface area contributed by atoms with Gasteiger partial charge in [0.25, 0.3) is 11.8 Å². The third-order valence-corrected chi connectivity index (χ3v) is 3.91. The summed E-state index contributed by atoms with van der Waals surface area (Å²) < 4.78 is 5.29. The van der Waals surface area contributed by atoms with Crippen molar-refractivity contribution < 1.29 is 19.4 Å². The zero-order chi connectivity index (χ0) is 15.5. The van der Waals surface area contributed by atoms with Gasteiger partial charge in [-0.3, -0.25) is 9.59 Å². The molecule has 21 heavy (non-hydrogen) atoms. The Morgan fingerprint density at radius 3 is 2.76 bits per heavy atom. The van der Waals surface area contributed by atoms with Crippen molar-refractivity contribution in [2.45, 2.75) is 32.2 Å². The summed E-state index contributed by atoms with van der Waals surface area (Å²) in [5, 5.41) is 15.1. The highest BCUT2D eigenvalue weighted by atomic mass is 16.5. The van der Waals surface area contributed by atoms with E-state index in [9.17, 15) is 14.7 Å². The number of rotatable bonds is 5. The van der Waals surface area contributed by atoms with Crippen molar-refractivity contribution in [3.05, 3.63) is 23.8 Å². The molecule has 0 radical (unpaired) electrons. The highest BCUT2D eigenvalue weighted by Gasteiger charge is 2.28. The van der Waals surface area contributed by atoms with E-state index in [0.29, 0.717) is 29.8 Å². The van der Waals surface area contributed by atoms with Crippen molar-refractivity contribution in [1.29, 1.82) is 0 Å². The van der Waals surface area contributed by atoms with E-state index in [1.807, 2.05) is 13.8 Å². The zero-order valence-corrected chi connectivity index (χ0v) is 12.2. The van der Waals surface area contributed by atoms with E-state index in [1.54, 1.807) is 18.2 Å². The van der Waals surface area contributed by atoms with Gasteiger partial charge < -0.3 is 20.5 Å². The fraction of sp³-hybridized carbons (Fsp3) is 0.467. The van der Waals surface area contributed by atoms with Gasteiger partial charge in [0, 0.05) is 5.56 Å². The summed E-state index contributed by atoms with van der Waals surface area (Å²) in [6.45, 7) is 3.68. The molecule has 1 aliphatic rings. The number of hydrogen-bond acceptors (Lipinski definition) is 4. The molecule has 0 bridgehead atoms. The molecule has 1 aliphatic heterocycles. The number of carbonyl (C=O) groups is 2. The fourth-order valence-corrected chi connectivity index (χ4v) is 2.22. The van der Waals surface area contributed by atoms with Crippen LogP contribution in [-0.2, 0) is 4.79 Å². The maximum atomic E-state index is 12.3. The molecule has 0 aliphatic carbocycles. The van der Waals surface area contributed by atoms with Crippen LogP contribution >= 0.6 is 0 Å². The first-order chi connectivity index (χ1) is 10.0. The molecule has 2 rings (SSSR count). The molecule has 114 valence electrons. The molecule has 0 saturated heterocycles. The number of amides is 2. The molecule has 2 amide bonds. The molecule has 6 nitrogen and oxygen atoms in total. The van der Waals surface area contributed by atoms with Gasteiger partial charge in [-0.1, -0.05) is 13.8 Å². The largest absolute Gasteiger partial charge is 0.482 e. The van der Waals surface area contributed by atoms with E-state index in [-0.39, 0.29) is 25.0 Å². The van der Waals surface area contributed by atoms with Crippen LogP contribution in [0.1, 0.15) is 37.0 Å². The van der Waals surface area contributed by atoms with Gasteiger partial charge in [0.2, 0.25) is 0 Å². The van der Waals surface area contributed by atoms with Gasteiger partial charge >= 0.3 is 0 Å². The molecular weight excluding hydrogens is 272 g/mol. The standard InChI is InChI=1S/C15H20N2O4/c1-3-15(4-2,9-18)17-14(20)10-5-6-11-12(7-10)21-8-13(19)16-11/h5-7,18H,3-4,8-9H2,1-2H3,(H,16,19)(H,17,20). The van der Waals surface area contributed by atoms with E-state index in [0.717, 1.165) is 0 Å². The molecule has 0 saturated carbocycles. The van der Waals surface area contributed by atoms with Crippen molar-refractivity contribution in [1.82, 2.24) is 5.32 Å². The summed E-state index contributed by atoms with van der Waals surface area (Å²) in [7, 11) is 0. The Kier molecular flexibility index (Phi) is 4.47. The average molecular weight is 292 g/mol. The third kappa shape index (κ3) is 3.16. The van der Waals surface area contributed by atoms with Crippen LogP contribution in [-0.4, -0.2) is 35.7 Å². The molecule has 1 aromatic carbocycles. The molecule has 0 fully saturated rings. The minimum Gasteiger partial charge on any atom is -0.482 e. The van der Waals surface area contributed by atoms with Crippen LogP contribution in [0.25, 0.3) is 0 Å². The van der Waals surface area contributed by atoms with E-state index >= 15 is 0 Å². The zero-order valence-electron chi connectivity index (χ0n) is 12.2. The van der Waals surface area contributed by atoms with E-state index in [2.05, 4.69) is 10.6 Å². The number of aliphatic hydroxyl groups excluding tert-OH is 1. The summed E-state index contributed by atoms with van der Waals surface area (Å²) in [6.07, 6.45) is 1.28. The van der Waals surface area contributed by atoms with Crippen LogP contribution in [0.4, 0.5) is 5.69 Å². The minimum atomic E-state index is -0.609. The number of anilines is 1. The first-order valence-electron chi connectivity index (χ1n) is 7.03. The Morgan fingerprint density at radius 2 is 2.14 bits per heavy atom. The van der Waals surface area contributed by atoms with Crippen LogP contribution in [0.15, 0.2) is 18.2 Å². The number of ether oxygens (including phenoxy) is 1. The maximum absolute atomic E-state index is 12.3. The number of aliphatic hydroxyl groups is 1. The van der Waals surface area contributed by atoms with Crippen LogP contribution in [0, 0.1) is 0 Å². The second kappa shape index (κ2) is 6.13. The molecule has 1 aromatic rings. The molecular formula is C15H20N2O4. The average Bonchev–Trinajstić information content (AvgIpc) is 2.52. The maximum Gasteiger partial charge on any atom is 0.262 e. The summed E-state index contributed by atoms with van der Waals surface area (Å²) in [5.74, 6) is -0.00291. The quantitative estimate of drug-likeness (QED) is 0.763. The van der Waals surface area contributed by atoms with Gasteiger partial charge in [-0.05, 0) is 31.0 Å². The minimum absolute atomic E-state index is 0.0530. The van der Waals surface area contributed by atoms with E-state index in [4.69, 9.17) is 4.74 Å². The first-order valence-corrected chi connectivity index (χ1v) is 7.03. The summed E-state index contributed by atoms with van der Waals surface area (Å²) in [6, 6.07) is 4.86. The Labute approximate surface area is 123 Å². The molecule has 0 unspecified atom stereocenters. The van der Waals surface area contributed by atoms with Crippen LogP contribution in [0.3, 0.4) is 0 Å². The number of fused-ring (bicyclic) bond motifs is 1. The molecule has 0 atom stereocenters. The van der Waals surface area contributed by atoms with Crippen molar-refractivity contribution in [2.75, 3.05) is 18.5 Å². The normalized spacial score (nSPS) is 14.0. The van der Waals surface area contributed by atoms with Gasteiger partial charge in [0.05, 0.1) is 17.8 Å². The topological polar surface area (TPSA) is 87.7 Å². The summed E-state index contributed by atoms with van der Waals surface area (Å²) >= 11 is 0. The van der Waals surface area contributed by atoms with Crippen molar-refractivity contribution in [2.24, 2.45) is 0 Å². The lowest BCUT2D eigenvalue weighted by Crippen LogP contribution is -2.50. The SMILES string of the molecule is CCC(CC)(CO)NC(=O)c1ccc2c(c1)OCC(=O)N2. The van der Waals surface area contributed by atoms with Gasteiger partial charge in [-0.25, -0.2) is 0 Å². The molecule has 0 aromatic heterocycles. The summed E-state index contributed by atoms with van der Waals surface area (Å²) in [4.78, 5) is 23.5. The fourth-order valence-electron chi connectivity index (χ4n) is 2.22. The highest BCUT2D eigenvalue weighted by molar-refractivity contribution is 5.99. The smallest absolute Gasteiger partial charge is 0.262 e. The Morgan fingerprint density at radius 1 is 1.43 bits per heavy atom. The van der Waals surface area contributed by atoms with Crippen molar-refractivity contribution in [3.63, 3.8) is 0 Å². The third-order valence-electron chi connectivity index (χ3n) is 3.91. The lowest BCUT2D eigenvalue weighted by atomic mass is 9.93. The number of nitrogens with one attached hydrogen (secondary N) is 2. The highest BCUT2D eigenvalue weighted by Crippen LogP contribution is 2.28. The molecule has 1 heterocycles. The van der Waals surface area contributed by atoms with Crippen molar-refractivity contribution >= 4 is 17.5 Å². The van der Waals surface area contributed by atoms with Gasteiger partial charge in [-0.2, -0.15) is 0 Å². The Bertz CT molecular complexity index is 544. The lowest BCUT2D eigenvalue weighted by molar-refractivity contribution is -0.118. The number of carbonyl (C=O) groups excluding carboxylic acids is 2. The lowest BCUT2D eigenvalue weighted by Gasteiger charge is -2.31. The molecule has 6 heteroatoms. The van der Waals surface area contributed by atoms with Crippen LogP contribution < -0.4 is 15.4 Å². The predicted octanol–water partition coefficient (Wildman–Crippen LogP) is 1.30. The van der Waals surface area contributed by atoms with E-state index < -0.39 is 5.54 Å². The van der Waals surface area contributed by atoms with Gasteiger partial charge in [-0.15, -0.1) is 0 Å². The Balaban J connectivity index is 2.19. The van der Waals surface area contributed by atoms with Crippen LogP contribution in [0.5, 0.6) is 5.75 Å². The summed E-state index contributed by atoms with van der Waals surface area (Å²) in [5.41, 5.74) is 0.383.